The number of phenols is 1. The molecule has 88 valence electrons. The van der Waals surface area contributed by atoms with Crippen LogP contribution < -0.4 is 11.5 Å². The summed E-state index contributed by atoms with van der Waals surface area (Å²) in [6, 6.07) is 15.4. The summed E-state index contributed by atoms with van der Waals surface area (Å²) in [7, 11) is 0. The van der Waals surface area contributed by atoms with E-state index in [4.69, 9.17) is 0 Å². The number of hydrogen-bond acceptors (Lipinski definition) is 3. The smallest absolute Gasteiger partial charge is 0.255 e. The summed E-state index contributed by atoms with van der Waals surface area (Å²) in [4.78, 5) is 11.7. The van der Waals surface area contributed by atoms with Crippen LogP contribution in [0, 0.1) is 0 Å². The lowest BCUT2D eigenvalue weighted by molar-refractivity contribution is 0.102. The van der Waals surface area contributed by atoms with E-state index in [1.165, 1.54) is 6.07 Å². The highest BCUT2D eigenvalue weighted by Crippen LogP contribution is 2.16. The molecule has 0 unspecified atom stereocenters. The van der Waals surface area contributed by atoms with E-state index in [9.17, 15) is 9.90 Å². The van der Waals surface area contributed by atoms with Gasteiger partial charge >= 0.3 is 0 Å². The number of nitrogens with one attached hydrogen (secondary N) is 1. The third kappa shape index (κ3) is 3.32. The number of aromatic hydroxyl groups is 1. The van der Waals surface area contributed by atoms with Crippen LogP contribution in [0.2, 0.25) is 0 Å². The Morgan fingerprint density at radius 1 is 1.00 bits per heavy atom. The lowest BCUT2D eigenvalue weighted by atomic mass is 10.2. The Bertz CT molecular complexity index is 498. The summed E-state index contributed by atoms with van der Waals surface area (Å²) in [6.07, 6.45) is 0. The molecule has 1 amide bonds. The summed E-state index contributed by atoms with van der Waals surface area (Å²) in [6.45, 7) is 0. The Morgan fingerprint density at radius 2 is 1.71 bits per heavy atom. The first kappa shape index (κ1) is 12.7. The minimum Gasteiger partial charge on any atom is -0.508 e. The Labute approximate surface area is 99.5 Å². The van der Waals surface area contributed by atoms with Crippen molar-refractivity contribution < 1.29 is 9.90 Å². The molecule has 2 aromatic rings. The zero-order valence-corrected chi connectivity index (χ0v) is 9.26. The van der Waals surface area contributed by atoms with Gasteiger partial charge in [0.15, 0.2) is 0 Å². The Hall–Kier alpha value is -2.33. The topological polar surface area (TPSA) is 84.3 Å². The zero-order valence-electron chi connectivity index (χ0n) is 9.26. The van der Waals surface area contributed by atoms with Crippen molar-refractivity contribution in [2.75, 3.05) is 5.32 Å². The minimum absolute atomic E-state index is 0. The molecule has 0 aliphatic rings. The number of rotatable bonds is 2. The molecule has 17 heavy (non-hydrogen) atoms. The number of phenolic OH excluding ortho intramolecular Hbond substituents is 1. The fourth-order valence-corrected chi connectivity index (χ4v) is 1.38. The van der Waals surface area contributed by atoms with Gasteiger partial charge in [0.25, 0.3) is 5.91 Å². The standard InChI is InChI=1S/C13H11NO2.H3N/c15-12-8-4-7-11(9-12)14-13(16)10-5-2-1-3-6-10;/h1-9,15H,(H,14,16);1H3. The highest BCUT2D eigenvalue weighted by molar-refractivity contribution is 6.04. The summed E-state index contributed by atoms with van der Waals surface area (Å²) < 4.78 is 0. The predicted molar refractivity (Wildman–Crippen MR) is 67.5 cm³/mol. The van der Waals surface area contributed by atoms with E-state index in [2.05, 4.69) is 5.32 Å². The van der Waals surface area contributed by atoms with E-state index in [-0.39, 0.29) is 17.8 Å². The summed E-state index contributed by atoms with van der Waals surface area (Å²) in [5.74, 6) is -0.0583. The van der Waals surface area contributed by atoms with Crippen molar-refractivity contribution >= 4 is 11.6 Å². The van der Waals surface area contributed by atoms with Crippen LogP contribution >= 0.6 is 0 Å². The fourth-order valence-electron chi connectivity index (χ4n) is 1.38. The molecule has 4 heteroatoms. The quantitative estimate of drug-likeness (QED) is 0.741. The van der Waals surface area contributed by atoms with Gasteiger partial charge in [-0.05, 0) is 24.3 Å². The molecule has 4 nitrogen and oxygen atoms in total. The predicted octanol–water partition coefficient (Wildman–Crippen LogP) is 2.81. The Morgan fingerprint density at radius 3 is 2.35 bits per heavy atom. The van der Waals surface area contributed by atoms with Crippen molar-refractivity contribution in [2.24, 2.45) is 0 Å². The second kappa shape index (κ2) is 5.67. The van der Waals surface area contributed by atoms with Gasteiger partial charge in [-0.25, -0.2) is 0 Å². The second-order valence-electron chi connectivity index (χ2n) is 3.37. The van der Waals surface area contributed by atoms with Crippen molar-refractivity contribution in [1.29, 1.82) is 0 Å². The van der Waals surface area contributed by atoms with E-state index in [0.717, 1.165) is 0 Å². The maximum Gasteiger partial charge on any atom is 0.255 e. The van der Waals surface area contributed by atoms with Gasteiger partial charge < -0.3 is 16.6 Å². The van der Waals surface area contributed by atoms with Crippen LogP contribution in [0.4, 0.5) is 5.69 Å². The molecule has 0 bridgehead atoms. The van der Waals surface area contributed by atoms with Gasteiger partial charge in [0, 0.05) is 17.3 Å². The van der Waals surface area contributed by atoms with Gasteiger partial charge in [-0.3, -0.25) is 4.79 Å². The van der Waals surface area contributed by atoms with Crippen molar-refractivity contribution in [3.8, 4) is 5.75 Å². The average molecular weight is 230 g/mol. The zero-order chi connectivity index (χ0) is 11.4. The van der Waals surface area contributed by atoms with E-state index in [1.807, 2.05) is 6.07 Å². The maximum atomic E-state index is 11.7. The largest absolute Gasteiger partial charge is 0.508 e. The van der Waals surface area contributed by atoms with Crippen LogP contribution in [0.15, 0.2) is 54.6 Å². The molecule has 0 aliphatic heterocycles. The fraction of sp³-hybridized carbons (Fsp3) is 0. The third-order valence-electron chi connectivity index (χ3n) is 2.14. The summed E-state index contributed by atoms with van der Waals surface area (Å²) >= 11 is 0. The minimum atomic E-state index is -0.189. The molecule has 0 saturated carbocycles. The molecule has 0 spiro atoms. The molecule has 0 saturated heterocycles. The molecule has 0 radical (unpaired) electrons. The van der Waals surface area contributed by atoms with E-state index in [0.29, 0.717) is 11.3 Å². The van der Waals surface area contributed by atoms with Crippen LogP contribution in [-0.2, 0) is 0 Å². The van der Waals surface area contributed by atoms with Gasteiger partial charge in [0.1, 0.15) is 5.75 Å². The maximum absolute atomic E-state index is 11.7. The first-order chi connectivity index (χ1) is 7.75. The van der Waals surface area contributed by atoms with Crippen LogP contribution in [0.1, 0.15) is 10.4 Å². The van der Waals surface area contributed by atoms with E-state index < -0.39 is 0 Å². The molecular formula is C13H14N2O2. The number of benzene rings is 2. The lowest BCUT2D eigenvalue weighted by Crippen LogP contribution is -2.11. The number of amides is 1. The first-order valence-corrected chi connectivity index (χ1v) is 4.91. The van der Waals surface area contributed by atoms with Gasteiger partial charge in [-0.15, -0.1) is 0 Å². The second-order valence-corrected chi connectivity index (χ2v) is 3.37. The van der Waals surface area contributed by atoms with Crippen LogP contribution in [-0.4, -0.2) is 11.0 Å². The van der Waals surface area contributed by atoms with Crippen LogP contribution in [0.3, 0.4) is 0 Å². The Balaban J connectivity index is 0.00000144. The van der Waals surface area contributed by atoms with Crippen molar-refractivity contribution in [2.45, 2.75) is 0 Å². The average Bonchev–Trinajstić information content (AvgIpc) is 2.30. The Kier molecular flexibility index (Phi) is 4.25. The van der Waals surface area contributed by atoms with Crippen molar-refractivity contribution in [3.63, 3.8) is 0 Å². The van der Waals surface area contributed by atoms with E-state index >= 15 is 0 Å². The molecule has 0 atom stereocenters. The normalized spacial score (nSPS) is 9.18. The number of anilines is 1. The van der Waals surface area contributed by atoms with Gasteiger partial charge in [0.2, 0.25) is 0 Å². The first-order valence-electron chi connectivity index (χ1n) is 4.91. The summed E-state index contributed by atoms with van der Waals surface area (Å²) in [5, 5.41) is 11.9. The molecular weight excluding hydrogens is 216 g/mol. The monoisotopic (exact) mass is 230 g/mol. The van der Waals surface area contributed by atoms with Gasteiger partial charge in [-0.2, -0.15) is 0 Å². The molecule has 2 rings (SSSR count). The molecule has 0 aromatic heterocycles. The van der Waals surface area contributed by atoms with E-state index in [1.54, 1.807) is 42.5 Å². The van der Waals surface area contributed by atoms with Crippen LogP contribution in [0.25, 0.3) is 0 Å². The SMILES string of the molecule is N.O=C(Nc1cccc(O)c1)c1ccccc1. The number of hydrogen-bond donors (Lipinski definition) is 3. The molecule has 0 aliphatic carbocycles. The summed E-state index contributed by atoms with van der Waals surface area (Å²) in [5.41, 5.74) is 1.17. The number of carbonyl (C=O) groups excluding carboxylic acids is 1. The van der Waals surface area contributed by atoms with Crippen LogP contribution in [0.5, 0.6) is 5.75 Å². The molecule has 2 aromatic carbocycles. The molecule has 0 heterocycles. The molecule has 0 fully saturated rings. The third-order valence-corrected chi connectivity index (χ3v) is 2.14. The van der Waals surface area contributed by atoms with Gasteiger partial charge in [0.05, 0.1) is 0 Å². The highest BCUT2D eigenvalue weighted by atomic mass is 16.3. The molecule has 5 N–H and O–H groups in total. The van der Waals surface area contributed by atoms with Crippen molar-refractivity contribution in [1.82, 2.24) is 6.15 Å². The highest BCUT2D eigenvalue weighted by Gasteiger charge is 2.04. The lowest BCUT2D eigenvalue weighted by Gasteiger charge is -2.05. The van der Waals surface area contributed by atoms with Crippen molar-refractivity contribution in [3.05, 3.63) is 60.2 Å². The number of carbonyl (C=O) groups is 1. The van der Waals surface area contributed by atoms with Gasteiger partial charge in [-0.1, -0.05) is 24.3 Å².